The normalized spacial score (nSPS) is 17.5. The number of hydrogen-bond acceptors (Lipinski definition) is 4. The Morgan fingerprint density at radius 3 is 1.54 bits per heavy atom. The molecule has 0 bridgehead atoms. The number of para-hydroxylation sites is 4. The van der Waals surface area contributed by atoms with Crippen LogP contribution in [0.1, 0.15) is 155 Å². The van der Waals surface area contributed by atoms with E-state index in [-0.39, 0.29) is 53.6 Å². The summed E-state index contributed by atoms with van der Waals surface area (Å²) < 4.78 is 27.5. The fraction of sp³-hybridized carbons (Fsp3) is 0.286. The van der Waals surface area contributed by atoms with Gasteiger partial charge in [-0.25, -0.2) is 4.98 Å². The van der Waals surface area contributed by atoms with Crippen LogP contribution in [0.2, 0.25) is 0 Å². The molecule has 3 aliphatic rings. The van der Waals surface area contributed by atoms with Crippen molar-refractivity contribution in [3.8, 4) is 50.9 Å². The van der Waals surface area contributed by atoms with E-state index in [4.69, 9.17) is 18.6 Å². The quantitative estimate of drug-likeness (QED) is 0.118. The van der Waals surface area contributed by atoms with Crippen LogP contribution in [0.3, 0.4) is 0 Å². The summed E-state index contributed by atoms with van der Waals surface area (Å²) in [5.74, 6) is 2.11. The summed E-state index contributed by atoms with van der Waals surface area (Å²) in [6, 6.07) is 66.9. The molecule has 0 spiro atoms. The van der Waals surface area contributed by atoms with E-state index in [1.54, 1.807) is 0 Å². The molecule has 0 aliphatic heterocycles. The first-order chi connectivity index (χ1) is 43.5. The number of hydrogen-bond donors (Lipinski definition) is 0. The zero-order valence-electron chi connectivity index (χ0n) is 54.7. The predicted octanol–water partition coefficient (Wildman–Crippen LogP) is 21.8. The van der Waals surface area contributed by atoms with E-state index in [1.165, 1.54) is 33.4 Å². The summed E-state index contributed by atoms with van der Waals surface area (Å²) in [6.07, 6.45) is 12.7. The maximum atomic E-state index is 6.97. The van der Waals surface area contributed by atoms with Gasteiger partial charge in [-0.3, -0.25) is 4.57 Å². The van der Waals surface area contributed by atoms with Crippen LogP contribution in [0.25, 0.3) is 116 Å². The molecule has 0 saturated carbocycles. The number of fused-ring (bicyclic) bond motifs is 13. The van der Waals surface area contributed by atoms with Gasteiger partial charge in [-0.2, -0.15) is 18.2 Å². The Balaban J connectivity index is 0.00000673. The van der Waals surface area contributed by atoms with Crippen LogP contribution in [0.5, 0.6) is 11.5 Å². The van der Waals surface area contributed by atoms with Gasteiger partial charge in [0.05, 0.1) is 16.7 Å². The number of ether oxygens (including phenoxy) is 1. The Bertz CT molecular complexity index is 5250. The molecule has 3 aliphatic carbocycles. The van der Waals surface area contributed by atoms with E-state index in [9.17, 15) is 0 Å². The zero-order valence-corrected chi connectivity index (χ0v) is 57.0. The standard InChI is InChI=1S/C84H76N4O3.Pt/c1-79(2)38-39-84(11,12)76-63(79)33-40-85-78(76)88-68-24-14-13-21-57(68)58-32-29-54(44-71(58)88)89-53-20-17-19-52(43-53)86-49-87(70-26-16-15-25-69(70)86)77-55(50-27-30-59-61-45-64-66(47-74(61)90-72(59)41-50)82(7,8)36-34-80(64,3)4)22-18-23-56(77)51-28-31-60-62-46-65-67(48-75(62)91-73(60)42-51)83(9,10)37-35-81(65,5)6;/h13-33,40-42,45-48H,34-39H2,1-12H3;/q-2;. The largest absolute Gasteiger partial charge is 0.510 e. The molecule has 17 rings (SSSR count). The molecule has 0 atom stereocenters. The topological polar surface area (TPSA) is 62.1 Å². The van der Waals surface area contributed by atoms with Crippen molar-refractivity contribution in [1.29, 1.82) is 0 Å². The minimum absolute atomic E-state index is 0. The number of nitrogens with zero attached hydrogens (tertiary/aromatic N) is 4. The van der Waals surface area contributed by atoms with E-state index in [0.29, 0.717) is 11.5 Å². The van der Waals surface area contributed by atoms with E-state index in [1.807, 2.05) is 24.4 Å². The first-order valence-electron chi connectivity index (χ1n) is 32.8. The molecule has 8 heteroatoms. The minimum Gasteiger partial charge on any atom is -0.510 e. The van der Waals surface area contributed by atoms with Gasteiger partial charge in [0, 0.05) is 71.4 Å². The van der Waals surface area contributed by atoms with Crippen molar-refractivity contribution in [1.82, 2.24) is 14.1 Å². The van der Waals surface area contributed by atoms with Gasteiger partial charge in [-0.05, 0) is 193 Å². The van der Waals surface area contributed by atoms with Crippen LogP contribution in [0.15, 0.2) is 179 Å². The molecule has 0 radical (unpaired) electrons. The van der Waals surface area contributed by atoms with Crippen molar-refractivity contribution in [2.75, 3.05) is 0 Å². The molecule has 5 heterocycles. The maximum Gasteiger partial charge on any atom is 0.268 e. The van der Waals surface area contributed by atoms with Gasteiger partial charge in [0.15, 0.2) is 0 Å². The predicted molar refractivity (Wildman–Crippen MR) is 371 cm³/mol. The Morgan fingerprint density at radius 2 is 0.935 bits per heavy atom. The van der Waals surface area contributed by atoms with E-state index in [0.717, 1.165) is 155 Å². The fourth-order valence-corrected chi connectivity index (χ4v) is 16.3. The second-order valence-corrected chi connectivity index (χ2v) is 30.7. The zero-order chi connectivity index (χ0) is 62.5. The first kappa shape index (κ1) is 58.6. The van der Waals surface area contributed by atoms with Gasteiger partial charge in [0.2, 0.25) is 0 Å². The molecule has 0 saturated heterocycles. The van der Waals surface area contributed by atoms with Crippen molar-refractivity contribution in [2.45, 2.75) is 154 Å². The summed E-state index contributed by atoms with van der Waals surface area (Å²) in [5, 5.41) is 6.82. The number of imidazole rings is 1. The van der Waals surface area contributed by atoms with Crippen LogP contribution in [-0.2, 0) is 53.6 Å². The molecular weight excluding hydrogens is 1310 g/mol. The number of furan rings is 2. The molecule has 7 nitrogen and oxygen atoms in total. The third kappa shape index (κ3) is 8.90. The monoisotopic (exact) mass is 1380 g/mol. The van der Waals surface area contributed by atoms with E-state index < -0.39 is 0 Å². The van der Waals surface area contributed by atoms with Crippen LogP contribution in [-0.4, -0.2) is 14.1 Å². The Hall–Kier alpha value is -8.51. The van der Waals surface area contributed by atoms with Crippen molar-refractivity contribution in [3.05, 3.63) is 222 Å². The van der Waals surface area contributed by atoms with Gasteiger partial charge in [0.25, 0.3) is 6.33 Å². The second-order valence-electron chi connectivity index (χ2n) is 30.7. The summed E-state index contributed by atoms with van der Waals surface area (Å²) >= 11 is 0. The van der Waals surface area contributed by atoms with E-state index in [2.05, 4.69) is 261 Å². The van der Waals surface area contributed by atoms with Gasteiger partial charge in [-0.15, -0.1) is 29.7 Å². The molecule has 0 N–H and O–H groups in total. The third-order valence-electron chi connectivity index (χ3n) is 22.0. The molecule has 5 aromatic heterocycles. The van der Waals surface area contributed by atoms with Crippen LogP contribution in [0.4, 0.5) is 0 Å². The molecule has 0 amide bonds. The number of benzene rings is 9. The van der Waals surface area contributed by atoms with E-state index >= 15 is 0 Å². The third-order valence-corrected chi connectivity index (χ3v) is 22.0. The Kier molecular flexibility index (Phi) is 12.9. The molecule has 462 valence electrons. The fourth-order valence-electron chi connectivity index (χ4n) is 16.3. The first-order valence-corrected chi connectivity index (χ1v) is 32.8. The average Bonchev–Trinajstić information content (AvgIpc) is 1.40. The summed E-state index contributed by atoms with van der Waals surface area (Å²) in [4.78, 5) is 5.21. The molecule has 92 heavy (non-hydrogen) atoms. The number of pyridine rings is 1. The van der Waals surface area contributed by atoms with Crippen molar-refractivity contribution in [2.24, 2.45) is 0 Å². The van der Waals surface area contributed by atoms with Crippen molar-refractivity contribution in [3.63, 3.8) is 0 Å². The average molecular weight is 1380 g/mol. The molecule has 14 aromatic rings. The van der Waals surface area contributed by atoms with Gasteiger partial charge in [0.1, 0.15) is 28.1 Å². The second kappa shape index (κ2) is 20.2. The number of rotatable bonds is 7. The summed E-state index contributed by atoms with van der Waals surface area (Å²) in [5.41, 5.74) is 22.0. The van der Waals surface area contributed by atoms with Crippen molar-refractivity contribution < 1.29 is 39.2 Å². The SMILES string of the molecule is CC1(C)CCC(C)(C)c2cc3c(cc21)oc1cc(-c2cccc(-c4ccc5c(c4)oc4cc6c(cc45)C(C)(C)CCC6(C)C)c2-[n+]2[c-]n(-c4[c-]c(Oc5[c-]c6c(cc5)c5ccccc5n6-c5nccc6c5C(C)(C)CCC6(C)C)ccc4)c4ccccc42)ccc13.[Pt]. The Labute approximate surface area is 553 Å². The van der Waals surface area contributed by atoms with Gasteiger partial charge in [-0.1, -0.05) is 161 Å². The molecule has 0 fully saturated rings. The van der Waals surface area contributed by atoms with Crippen molar-refractivity contribution >= 4 is 76.7 Å². The smallest absolute Gasteiger partial charge is 0.268 e. The maximum absolute atomic E-state index is 6.97. The van der Waals surface area contributed by atoms with Gasteiger partial charge < -0.3 is 22.7 Å². The summed E-state index contributed by atoms with van der Waals surface area (Å²) in [6.45, 7) is 28.6. The van der Waals surface area contributed by atoms with Gasteiger partial charge >= 0.3 is 0 Å². The van der Waals surface area contributed by atoms with Crippen LogP contribution < -0.4 is 9.30 Å². The van der Waals surface area contributed by atoms with Crippen LogP contribution >= 0.6 is 0 Å². The number of aromatic nitrogens is 4. The molecular formula is C84H76N4O3Pt-2. The molecule has 0 unspecified atom stereocenters. The minimum atomic E-state index is -0.0735. The molecule has 9 aromatic carbocycles. The Morgan fingerprint density at radius 1 is 0.435 bits per heavy atom. The summed E-state index contributed by atoms with van der Waals surface area (Å²) in [7, 11) is 0. The van der Waals surface area contributed by atoms with Crippen LogP contribution in [0, 0.1) is 18.5 Å².